The minimum Gasteiger partial charge on any atom is -0.311 e. The van der Waals surface area contributed by atoms with E-state index >= 15 is 0 Å². The topological polar surface area (TPSA) is 15.3 Å². The summed E-state index contributed by atoms with van der Waals surface area (Å²) >= 11 is 0. The molecule has 1 fully saturated rings. The average molecular weight is 292 g/mol. The van der Waals surface area contributed by atoms with E-state index in [1.165, 1.54) is 12.0 Å². The SMILES string of the molecule is CCC1CN(Cc2ccc(F)cc2C)C(CC(C)C)CN1. The molecule has 1 aliphatic heterocycles. The fourth-order valence-corrected chi connectivity index (χ4v) is 3.23. The molecule has 0 aliphatic carbocycles. The molecule has 2 atom stereocenters. The fourth-order valence-electron chi connectivity index (χ4n) is 3.23. The summed E-state index contributed by atoms with van der Waals surface area (Å²) in [6, 6.07) is 6.33. The third-order valence-electron chi connectivity index (χ3n) is 4.53. The van der Waals surface area contributed by atoms with Gasteiger partial charge >= 0.3 is 0 Å². The van der Waals surface area contributed by atoms with Gasteiger partial charge in [-0.2, -0.15) is 0 Å². The van der Waals surface area contributed by atoms with Crippen LogP contribution < -0.4 is 5.32 Å². The third-order valence-corrected chi connectivity index (χ3v) is 4.53. The van der Waals surface area contributed by atoms with Crippen LogP contribution in [-0.4, -0.2) is 30.1 Å². The Hall–Kier alpha value is -0.930. The molecule has 2 unspecified atom stereocenters. The molecular weight excluding hydrogens is 263 g/mol. The summed E-state index contributed by atoms with van der Waals surface area (Å²) in [4.78, 5) is 2.59. The van der Waals surface area contributed by atoms with Crippen molar-refractivity contribution >= 4 is 0 Å². The summed E-state index contributed by atoms with van der Waals surface area (Å²) in [6.45, 7) is 11.9. The van der Waals surface area contributed by atoms with Crippen molar-refractivity contribution in [3.8, 4) is 0 Å². The van der Waals surface area contributed by atoms with Gasteiger partial charge in [-0.15, -0.1) is 0 Å². The van der Waals surface area contributed by atoms with Gasteiger partial charge in [-0.05, 0) is 48.9 Å². The summed E-state index contributed by atoms with van der Waals surface area (Å²) in [5.41, 5.74) is 2.31. The van der Waals surface area contributed by atoms with Gasteiger partial charge in [0.25, 0.3) is 0 Å². The summed E-state index contributed by atoms with van der Waals surface area (Å²) in [5.74, 6) is 0.563. The maximum Gasteiger partial charge on any atom is 0.123 e. The van der Waals surface area contributed by atoms with E-state index < -0.39 is 0 Å². The summed E-state index contributed by atoms with van der Waals surface area (Å²) in [6.07, 6.45) is 2.37. The Morgan fingerprint density at radius 2 is 2.14 bits per heavy atom. The quantitative estimate of drug-likeness (QED) is 0.889. The molecule has 1 aliphatic rings. The van der Waals surface area contributed by atoms with E-state index in [2.05, 4.69) is 31.0 Å². The second kappa shape index (κ2) is 7.37. The Labute approximate surface area is 128 Å². The van der Waals surface area contributed by atoms with Crippen molar-refractivity contribution in [2.24, 2.45) is 5.92 Å². The van der Waals surface area contributed by atoms with Crippen LogP contribution in [0.2, 0.25) is 0 Å². The minimum atomic E-state index is -0.137. The van der Waals surface area contributed by atoms with Gasteiger partial charge in [0.2, 0.25) is 0 Å². The zero-order valence-electron chi connectivity index (χ0n) is 13.8. The van der Waals surface area contributed by atoms with E-state index in [1.807, 2.05) is 13.0 Å². The number of hydrogen-bond donors (Lipinski definition) is 1. The lowest BCUT2D eigenvalue weighted by Crippen LogP contribution is -2.56. The Morgan fingerprint density at radius 3 is 2.76 bits per heavy atom. The second-order valence-electron chi connectivity index (χ2n) is 6.80. The molecule has 3 heteroatoms. The highest BCUT2D eigenvalue weighted by atomic mass is 19.1. The average Bonchev–Trinajstić information content (AvgIpc) is 2.43. The molecule has 0 spiro atoms. The van der Waals surface area contributed by atoms with E-state index in [0.717, 1.165) is 31.6 Å². The van der Waals surface area contributed by atoms with E-state index in [1.54, 1.807) is 12.1 Å². The lowest BCUT2D eigenvalue weighted by atomic mass is 9.97. The van der Waals surface area contributed by atoms with Crippen LogP contribution in [0.5, 0.6) is 0 Å². The predicted molar refractivity (Wildman–Crippen MR) is 86.9 cm³/mol. The Bertz CT molecular complexity index is 459. The first-order valence-electron chi connectivity index (χ1n) is 8.22. The molecular formula is C18H29FN2. The lowest BCUT2D eigenvalue weighted by Gasteiger charge is -2.41. The van der Waals surface area contributed by atoms with Crippen molar-refractivity contribution in [2.45, 2.75) is 59.2 Å². The molecule has 0 aromatic heterocycles. The first kappa shape index (κ1) is 16.4. The number of nitrogens with zero attached hydrogens (tertiary/aromatic N) is 1. The lowest BCUT2D eigenvalue weighted by molar-refractivity contribution is 0.105. The number of benzene rings is 1. The molecule has 0 amide bonds. The van der Waals surface area contributed by atoms with Gasteiger partial charge in [-0.1, -0.05) is 26.8 Å². The molecule has 1 heterocycles. The second-order valence-corrected chi connectivity index (χ2v) is 6.80. The standard InChI is InChI=1S/C18H29FN2/c1-5-17-12-21(18(10-20-17)8-13(2)3)11-15-6-7-16(19)9-14(15)4/h6-7,9,13,17-18,20H,5,8,10-12H2,1-4H3. The first-order valence-corrected chi connectivity index (χ1v) is 8.22. The van der Waals surface area contributed by atoms with E-state index in [9.17, 15) is 4.39 Å². The van der Waals surface area contributed by atoms with Crippen molar-refractivity contribution in [3.05, 3.63) is 35.1 Å². The fraction of sp³-hybridized carbons (Fsp3) is 0.667. The van der Waals surface area contributed by atoms with Crippen LogP contribution in [0, 0.1) is 18.7 Å². The highest BCUT2D eigenvalue weighted by Gasteiger charge is 2.27. The van der Waals surface area contributed by atoms with Crippen LogP contribution in [0.4, 0.5) is 4.39 Å². The molecule has 0 bridgehead atoms. The van der Waals surface area contributed by atoms with Crippen molar-refractivity contribution in [1.29, 1.82) is 0 Å². The highest BCUT2D eigenvalue weighted by Crippen LogP contribution is 2.21. The summed E-state index contributed by atoms with van der Waals surface area (Å²) < 4.78 is 13.3. The molecule has 118 valence electrons. The number of aryl methyl sites for hydroxylation is 1. The van der Waals surface area contributed by atoms with Gasteiger partial charge in [-0.3, -0.25) is 4.90 Å². The monoisotopic (exact) mass is 292 g/mol. The van der Waals surface area contributed by atoms with E-state index in [0.29, 0.717) is 18.0 Å². The zero-order valence-corrected chi connectivity index (χ0v) is 13.8. The number of hydrogen-bond acceptors (Lipinski definition) is 2. The van der Waals surface area contributed by atoms with E-state index in [-0.39, 0.29) is 5.82 Å². The number of halogens is 1. The normalized spacial score (nSPS) is 23.7. The summed E-state index contributed by atoms with van der Waals surface area (Å²) in [5, 5.41) is 3.66. The number of piperazine rings is 1. The van der Waals surface area contributed by atoms with Crippen molar-refractivity contribution in [2.75, 3.05) is 13.1 Å². The van der Waals surface area contributed by atoms with Gasteiger partial charge < -0.3 is 5.32 Å². The maximum atomic E-state index is 13.3. The molecule has 1 N–H and O–H groups in total. The van der Waals surface area contributed by atoms with Crippen molar-refractivity contribution in [1.82, 2.24) is 10.2 Å². The molecule has 1 aromatic rings. The van der Waals surface area contributed by atoms with Gasteiger partial charge in [-0.25, -0.2) is 4.39 Å². The van der Waals surface area contributed by atoms with Crippen LogP contribution in [0.25, 0.3) is 0 Å². The smallest absolute Gasteiger partial charge is 0.123 e. The summed E-state index contributed by atoms with van der Waals surface area (Å²) in [7, 11) is 0. The van der Waals surface area contributed by atoms with Gasteiger partial charge in [0.05, 0.1) is 0 Å². The van der Waals surface area contributed by atoms with Crippen LogP contribution in [0.3, 0.4) is 0 Å². The first-order chi connectivity index (χ1) is 9.99. The molecule has 2 nitrogen and oxygen atoms in total. The Morgan fingerprint density at radius 1 is 1.38 bits per heavy atom. The maximum absolute atomic E-state index is 13.3. The molecule has 1 saturated heterocycles. The highest BCUT2D eigenvalue weighted by molar-refractivity contribution is 5.26. The van der Waals surface area contributed by atoms with Gasteiger partial charge in [0.1, 0.15) is 5.82 Å². The molecule has 2 rings (SSSR count). The number of nitrogens with one attached hydrogen (secondary N) is 1. The molecule has 0 saturated carbocycles. The Kier molecular flexibility index (Phi) is 5.77. The Balaban J connectivity index is 2.11. The van der Waals surface area contributed by atoms with Gasteiger partial charge in [0, 0.05) is 31.7 Å². The molecule has 1 aromatic carbocycles. The van der Waals surface area contributed by atoms with E-state index in [4.69, 9.17) is 0 Å². The third kappa shape index (κ3) is 4.52. The largest absolute Gasteiger partial charge is 0.311 e. The minimum absolute atomic E-state index is 0.137. The number of rotatable bonds is 5. The van der Waals surface area contributed by atoms with Crippen LogP contribution >= 0.6 is 0 Å². The van der Waals surface area contributed by atoms with Crippen molar-refractivity contribution < 1.29 is 4.39 Å². The van der Waals surface area contributed by atoms with Gasteiger partial charge in [0.15, 0.2) is 0 Å². The van der Waals surface area contributed by atoms with Crippen LogP contribution in [0.15, 0.2) is 18.2 Å². The zero-order chi connectivity index (χ0) is 15.4. The predicted octanol–water partition coefficient (Wildman–Crippen LogP) is 3.73. The van der Waals surface area contributed by atoms with Crippen LogP contribution in [0.1, 0.15) is 44.7 Å². The molecule has 0 radical (unpaired) electrons. The molecule has 21 heavy (non-hydrogen) atoms. The van der Waals surface area contributed by atoms with Crippen LogP contribution in [-0.2, 0) is 6.54 Å². The van der Waals surface area contributed by atoms with Crippen molar-refractivity contribution in [3.63, 3.8) is 0 Å².